The molecule has 0 spiro atoms. The molecule has 0 aromatic heterocycles. The van der Waals surface area contributed by atoms with Crippen LogP contribution in [-0.2, 0) is 9.53 Å². The van der Waals surface area contributed by atoms with Gasteiger partial charge in [0.25, 0.3) is 11.6 Å². The first-order chi connectivity index (χ1) is 11.3. The number of carbonyl (C=O) groups is 2. The molecule has 24 heavy (non-hydrogen) atoms. The van der Waals surface area contributed by atoms with E-state index in [1.165, 1.54) is 12.1 Å². The predicted molar refractivity (Wildman–Crippen MR) is 88.0 cm³/mol. The molecule has 0 radical (unpaired) electrons. The molecular formula is C16H19ClN2O5. The van der Waals surface area contributed by atoms with Crippen LogP contribution in [0.4, 0.5) is 5.69 Å². The highest BCUT2D eigenvalue weighted by molar-refractivity contribution is 6.33. The van der Waals surface area contributed by atoms with E-state index in [4.69, 9.17) is 16.3 Å². The molecule has 1 amide bonds. The van der Waals surface area contributed by atoms with Crippen molar-refractivity contribution < 1.29 is 19.2 Å². The molecule has 7 nitrogen and oxygen atoms in total. The van der Waals surface area contributed by atoms with Gasteiger partial charge in [0.15, 0.2) is 6.61 Å². The summed E-state index contributed by atoms with van der Waals surface area (Å²) < 4.78 is 5.02. The Hall–Kier alpha value is -2.15. The second kappa shape index (κ2) is 7.61. The number of non-ortho nitro benzene ring substituents is 1. The van der Waals surface area contributed by atoms with Gasteiger partial charge in [-0.05, 0) is 39.2 Å². The monoisotopic (exact) mass is 354 g/mol. The number of esters is 1. The number of ether oxygens (including phenoxy) is 1. The van der Waals surface area contributed by atoms with Gasteiger partial charge in [-0.25, -0.2) is 4.79 Å². The van der Waals surface area contributed by atoms with Gasteiger partial charge in [0.2, 0.25) is 0 Å². The second-order valence-electron chi connectivity index (χ2n) is 5.93. The third kappa shape index (κ3) is 4.03. The van der Waals surface area contributed by atoms with Crippen LogP contribution in [0, 0.1) is 10.1 Å². The molecule has 1 aromatic rings. The fourth-order valence-electron chi connectivity index (χ4n) is 2.98. The van der Waals surface area contributed by atoms with E-state index in [0.29, 0.717) is 0 Å². The van der Waals surface area contributed by atoms with Crippen molar-refractivity contribution in [1.29, 1.82) is 0 Å². The molecular weight excluding hydrogens is 336 g/mol. The zero-order chi connectivity index (χ0) is 17.9. The van der Waals surface area contributed by atoms with Crippen molar-refractivity contribution >= 4 is 29.2 Å². The van der Waals surface area contributed by atoms with Gasteiger partial charge in [-0.3, -0.25) is 14.9 Å². The van der Waals surface area contributed by atoms with Gasteiger partial charge in [0.1, 0.15) is 0 Å². The number of nitro groups is 1. The summed E-state index contributed by atoms with van der Waals surface area (Å²) in [5.74, 6) is -1.13. The molecule has 0 bridgehead atoms. The van der Waals surface area contributed by atoms with Crippen molar-refractivity contribution in [2.75, 3.05) is 6.61 Å². The van der Waals surface area contributed by atoms with Crippen molar-refractivity contribution in [3.63, 3.8) is 0 Å². The summed E-state index contributed by atoms with van der Waals surface area (Å²) in [4.78, 5) is 36.3. The standard InChI is InChI=1S/C16H19ClN2O5/c1-10-4-3-5-11(2)18(10)15(20)9-24-16(21)13-8-12(19(22)23)6-7-14(13)17/h6-8,10-11H,3-5,9H2,1-2H3/t10-,11-/m1/s1. The molecule has 0 saturated carbocycles. The van der Waals surface area contributed by atoms with E-state index in [1.54, 1.807) is 4.90 Å². The van der Waals surface area contributed by atoms with Crippen LogP contribution in [0.3, 0.4) is 0 Å². The molecule has 0 N–H and O–H groups in total. The Balaban J connectivity index is 2.04. The quantitative estimate of drug-likeness (QED) is 0.470. The topological polar surface area (TPSA) is 89.8 Å². The molecule has 0 unspecified atom stereocenters. The fraction of sp³-hybridized carbons (Fsp3) is 0.500. The minimum absolute atomic E-state index is 0.0396. The van der Waals surface area contributed by atoms with Crippen molar-refractivity contribution in [3.8, 4) is 0 Å². The van der Waals surface area contributed by atoms with Gasteiger partial charge in [0, 0.05) is 24.2 Å². The first-order valence-corrected chi connectivity index (χ1v) is 8.11. The number of hydrogen-bond acceptors (Lipinski definition) is 5. The maximum atomic E-state index is 12.3. The first-order valence-electron chi connectivity index (χ1n) is 7.73. The van der Waals surface area contributed by atoms with E-state index < -0.39 is 17.5 Å². The first kappa shape index (κ1) is 18.2. The minimum atomic E-state index is -0.852. The number of hydrogen-bond donors (Lipinski definition) is 0. The smallest absolute Gasteiger partial charge is 0.340 e. The predicted octanol–water partition coefficient (Wildman–Crippen LogP) is 3.19. The normalized spacial score (nSPS) is 20.5. The zero-order valence-corrected chi connectivity index (χ0v) is 14.3. The Morgan fingerprint density at radius 1 is 1.33 bits per heavy atom. The molecule has 1 fully saturated rings. The molecule has 1 saturated heterocycles. The second-order valence-corrected chi connectivity index (χ2v) is 6.33. The number of carbonyl (C=O) groups excluding carboxylic acids is 2. The Morgan fingerprint density at radius 2 is 1.96 bits per heavy atom. The summed E-state index contributed by atoms with van der Waals surface area (Å²) in [6.07, 6.45) is 2.90. The van der Waals surface area contributed by atoms with Gasteiger partial charge in [-0.2, -0.15) is 0 Å². The maximum absolute atomic E-state index is 12.3. The Bertz CT molecular complexity index is 654. The highest BCUT2D eigenvalue weighted by Gasteiger charge is 2.29. The average molecular weight is 355 g/mol. The lowest BCUT2D eigenvalue weighted by molar-refractivity contribution is -0.384. The lowest BCUT2D eigenvalue weighted by Gasteiger charge is -2.38. The van der Waals surface area contributed by atoms with Crippen LogP contribution >= 0.6 is 11.6 Å². The number of nitrogens with zero attached hydrogens (tertiary/aromatic N) is 2. The number of benzene rings is 1. The third-order valence-electron chi connectivity index (χ3n) is 4.19. The highest BCUT2D eigenvalue weighted by atomic mass is 35.5. The fourth-order valence-corrected chi connectivity index (χ4v) is 3.17. The Kier molecular flexibility index (Phi) is 5.77. The molecule has 130 valence electrons. The molecule has 1 heterocycles. The minimum Gasteiger partial charge on any atom is -0.452 e. The number of halogens is 1. The van der Waals surface area contributed by atoms with Crippen molar-refractivity contribution in [2.24, 2.45) is 0 Å². The number of rotatable bonds is 4. The average Bonchev–Trinajstić information content (AvgIpc) is 2.52. The van der Waals surface area contributed by atoms with Gasteiger partial charge < -0.3 is 9.64 Å². The van der Waals surface area contributed by atoms with Crippen LogP contribution in [0.1, 0.15) is 43.5 Å². The van der Waals surface area contributed by atoms with Crippen LogP contribution in [0.15, 0.2) is 18.2 Å². The van der Waals surface area contributed by atoms with Crippen molar-refractivity contribution in [3.05, 3.63) is 38.9 Å². The number of likely N-dealkylation sites (tertiary alicyclic amines) is 1. The molecule has 1 aliphatic heterocycles. The lowest BCUT2D eigenvalue weighted by atomic mass is 9.97. The molecule has 2 rings (SSSR count). The van der Waals surface area contributed by atoms with E-state index >= 15 is 0 Å². The summed E-state index contributed by atoms with van der Waals surface area (Å²) >= 11 is 5.89. The molecule has 8 heteroatoms. The maximum Gasteiger partial charge on any atom is 0.340 e. The Labute approximate surface area is 144 Å². The van der Waals surface area contributed by atoms with Crippen LogP contribution in [0.2, 0.25) is 5.02 Å². The molecule has 1 aromatic carbocycles. The van der Waals surface area contributed by atoms with Gasteiger partial charge >= 0.3 is 5.97 Å². The van der Waals surface area contributed by atoms with E-state index in [0.717, 1.165) is 25.3 Å². The lowest BCUT2D eigenvalue weighted by Crippen LogP contribution is -2.49. The summed E-state index contributed by atoms with van der Waals surface area (Å²) in [7, 11) is 0. The van der Waals surface area contributed by atoms with E-state index in [1.807, 2.05) is 13.8 Å². The summed E-state index contributed by atoms with van der Waals surface area (Å²) in [5.41, 5.74) is -0.394. The zero-order valence-electron chi connectivity index (χ0n) is 13.5. The van der Waals surface area contributed by atoms with Crippen molar-refractivity contribution in [1.82, 2.24) is 4.90 Å². The van der Waals surface area contributed by atoms with E-state index in [-0.39, 0.29) is 34.3 Å². The number of piperidine rings is 1. The highest BCUT2D eigenvalue weighted by Crippen LogP contribution is 2.24. The van der Waals surface area contributed by atoms with E-state index in [9.17, 15) is 19.7 Å². The molecule has 0 aliphatic carbocycles. The number of nitro benzene ring substituents is 1. The van der Waals surface area contributed by atoms with Crippen LogP contribution < -0.4 is 0 Å². The summed E-state index contributed by atoms with van der Waals surface area (Å²) in [6, 6.07) is 3.69. The summed E-state index contributed by atoms with van der Waals surface area (Å²) in [6.45, 7) is 3.52. The van der Waals surface area contributed by atoms with Gasteiger partial charge in [-0.1, -0.05) is 11.6 Å². The van der Waals surface area contributed by atoms with Crippen LogP contribution in [-0.4, -0.2) is 40.4 Å². The Morgan fingerprint density at radius 3 is 2.54 bits per heavy atom. The van der Waals surface area contributed by atoms with Crippen LogP contribution in [0.25, 0.3) is 0 Å². The van der Waals surface area contributed by atoms with Crippen LogP contribution in [0.5, 0.6) is 0 Å². The third-order valence-corrected chi connectivity index (χ3v) is 4.52. The number of amides is 1. The summed E-state index contributed by atoms with van der Waals surface area (Å²) in [5, 5.41) is 10.8. The van der Waals surface area contributed by atoms with Gasteiger partial charge in [-0.15, -0.1) is 0 Å². The molecule has 1 aliphatic rings. The van der Waals surface area contributed by atoms with Gasteiger partial charge in [0.05, 0.1) is 15.5 Å². The van der Waals surface area contributed by atoms with Crippen molar-refractivity contribution in [2.45, 2.75) is 45.2 Å². The van der Waals surface area contributed by atoms with E-state index in [2.05, 4.69) is 0 Å². The molecule has 2 atom stereocenters. The largest absolute Gasteiger partial charge is 0.452 e. The SMILES string of the molecule is C[C@@H]1CCC[C@@H](C)N1C(=O)COC(=O)c1cc([N+](=O)[O-])ccc1Cl.